The summed E-state index contributed by atoms with van der Waals surface area (Å²) in [7, 11) is 2.24. The number of likely N-dealkylation sites (N-methyl/N-ethyl adjacent to an activating group) is 1. The molecule has 2 atom stereocenters. The van der Waals surface area contributed by atoms with Crippen molar-refractivity contribution in [2.24, 2.45) is 0 Å². The number of aromatic nitrogens is 2. The number of nitrogens with zero attached hydrogens (tertiary/aromatic N) is 3. The molecule has 1 aromatic heterocycles. The van der Waals surface area contributed by atoms with E-state index in [4.69, 9.17) is 4.74 Å². The molecule has 1 fully saturated rings. The molecule has 33 heavy (non-hydrogen) atoms. The Morgan fingerprint density at radius 1 is 1.06 bits per heavy atom. The molecule has 1 saturated heterocycles. The SMILES string of the molecule is C[N@+]1(CCCc2ncccn2)CCCC1COC(=O)C1(O)c2ccccc2-c2ccccc21. The molecule has 6 heteroatoms. The number of ether oxygens (including phenoxy) is 1. The second-order valence-electron chi connectivity index (χ2n) is 9.39. The lowest BCUT2D eigenvalue weighted by molar-refractivity contribution is -0.921. The van der Waals surface area contributed by atoms with Gasteiger partial charge in [-0.2, -0.15) is 0 Å². The van der Waals surface area contributed by atoms with E-state index in [-0.39, 0.29) is 6.04 Å². The molecule has 2 aromatic carbocycles. The van der Waals surface area contributed by atoms with E-state index in [1.54, 1.807) is 12.4 Å². The topological polar surface area (TPSA) is 72.3 Å². The van der Waals surface area contributed by atoms with Gasteiger partial charge in [0.15, 0.2) is 0 Å². The number of quaternary nitrogens is 1. The second kappa shape index (κ2) is 8.69. The van der Waals surface area contributed by atoms with Crippen molar-refractivity contribution in [1.29, 1.82) is 0 Å². The van der Waals surface area contributed by atoms with Crippen LogP contribution in [-0.2, 0) is 21.6 Å². The van der Waals surface area contributed by atoms with E-state index in [2.05, 4.69) is 17.0 Å². The molecular formula is C27H30N3O3+. The normalized spacial score (nSPS) is 22.5. The Morgan fingerprint density at radius 2 is 1.70 bits per heavy atom. The summed E-state index contributed by atoms with van der Waals surface area (Å²) in [5.74, 6) is 0.281. The molecule has 170 valence electrons. The zero-order valence-corrected chi connectivity index (χ0v) is 19.0. The van der Waals surface area contributed by atoms with E-state index in [0.717, 1.165) is 60.2 Å². The molecule has 0 saturated carbocycles. The number of carbonyl (C=O) groups is 1. The van der Waals surface area contributed by atoms with Crippen LogP contribution in [0.15, 0.2) is 67.0 Å². The van der Waals surface area contributed by atoms with Gasteiger partial charge >= 0.3 is 5.97 Å². The van der Waals surface area contributed by atoms with Gasteiger partial charge in [0, 0.05) is 49.2 Å². The van der Waals surface area contributed by atoms with Gasteiger partial charge in [-0.15, -0.1) is 0 Å². The first-order chi connectivity index (χ1) is 16.0. The van der Waals surface area contributed by atoms with Crippen LogP contribution in [0, 0.1) is 0 Å². The molecule has 1 aliphatic carbocycles. The summed E-state index contributed by atoms with van der Waals surface area (Å²) >= 11 is 0. The minimum absolute atomic E-state index is 0.223. The van der Waals surface area contributed by atoms with Crippen LogP contribution in [0.25, 0.3) is 11.1 Å². The molecule has 2 heterocycles. The Hall–Kier alpha value is -3.09. The number of esters is 1. The van der Waals surface area contributed by atoms with Crippen LogP contribution in [0.4, 0.5) is 0 Å². The van der Waals surface area contributed by atoms with Crippen molar-refractivity contribution in [3.05, 3.63) is 83.9 Å². The van der Waals surface area contributed by atoms with E-state index in [0.29, 0.717) is 17.7 Å². The van der Waals surface area contributed by atoms with E-state index in [1.165, 1.54) is 0 Å². The van der Waals surface area contributed by atoms with Gasteiger partial charge in [-0.05, 0) is 17.2 Å². The number of hydrogen-bond acceptors (Lipinski definition) is 5. The van der Waals surface area contributed by atoms with E-state index >= 15 is 0 Å². The number of carbonyl (C=O) groups excluding carboxylic acids is 1. The Kier molecular flexibility index (Phi) is 5.72. The van der Waals surface area contributed by atoms with Crippen LogP contribution in [-0.4, -0.2) is 58.3 Å². The largest absolute Gasteiger partial charge is 0.457 e. The van der Waals surface area contributed by atoms with E-state index < -0.39 is 11.6 Å². The minimum Gasteiger partial charge on any atom is -0.457 e. The zero-order chi connectivity index (χ0) is 22.9. The number of fused-ring (bicyclic) bond motifs is 3. The Bertz CT molecular complexity index is 1100. The number of likely N-dealkylation sites (tertiary alicyclic amines) is 1. The molecule has 0 amide bonds. The van der Waals surface area contributed by atoms with Gasteiger partial charge in [0.1, 0.15) is 18.5 Å². The van der Waals surface area contributed by atoms with Crippen LogP contribution in [0.5, 0.6) is 0 Å². The average Bonchev–Trinajstić information content (AvgIpc) is 3.34. The first-order valence-corrected chi connectivity index (χ1v) is 11.7. The van der Waals surface area contributed by atoms with Gasteiger partial charge in [-0.1, -0.05) is 48.5 Å². The highest BCUT2D eigenvalue weighted by Crippen LogP contribution is 2.48. The first-order valence-electron chi connectivity index (χ1n) is 11.7. The van der Waals surface area contributed by atoms with E-state index in [1.807, 2.05) is 54.6 Å². The van der Waals surface area contributed by atoms with Gasteiger partial charge in [0.2, 0.25) is 5.60 Å². The van der Waals surface area contributed by atoms with Crippen LogP contribution in [0.3, 0.4) is 0 Å². The minimum atomic E-state index is -1.76. The molecule has 1 N–H and O–H groups in total. The van der Waals surface area contributed by atoms with Crippen molar-refractivity contribution in [2.45, 2.75) is 37.3 Å². The second-order valence-corrected chi connectivity index (χ2v) is 9.39. The Morgan fingerprint density at radius 3 is 2.36 bits per heavy atom. The highest BCUT2D eigenvalue weighted by atomic mass is 16.6. The number of hydrogen-bond donors (Lipinski definition) is 1. The molecular weight excluding hydrogens is 414 g/mol. The molecule has 5 rings (SSSR count). The number of aliphatic hydroxyl groups is 1. The van der Waals surface area contributed by atoms with Crippen LogP contribution < -0.4 is 0 Å². The smallest absolute Gasteiger partial charge is 0.347 e. The predicted molar refractivity (Wildman–Crippen MR) is 125 cm³/mol. The van der Waals surface area contributed by atoms with Gasteiger partial charge < -0.3 is 14.3 Å². The molecule has 1 aliphatic heterocycles. The van der Waals surface area contributed by atoms with Crippen LogP contribution >= 0.6 is 0 Å². The van der Waals surface area contributed by atoms with Crippen molar-refractivity contribution < 1.29 is 19.1 Å². The number of benzene rings is 2. The Balaban J connectivity index is 1.27. The fourth-order valence-corrected chi connectivity index (χ4v) is 5.51. The molecule has 0 bridgehead atoms. The summed E-state index contributed by atoms with van der Waals surface area (Å²) in [6.45, 7) is 2.36. The fourth-order valence-electron chi connectivity index (χ4n) is 5.51. The Labute approximate surface area is 194 Å². The van der Waals surface area contributed by atoms with Crippen molar-refractivity contribution in [3.63, 3.8) is 0 Å². The summed E-state index contributed by atoms with van der Waals surface area (Å²) in [5.41, 5.74) is 1.21. The van der Waals surface area contributed by atoms with Crippen LogP contribution in [0.1, 0.15) is 36.2 Å². The van der Waals surface area contributed by atoms with Crippen molar-refractivity contribution >= 4 is 5.97 Å². The lowest BCUT2D eigenvalue weighted by Gasteiger charge is -2.36. The van der Waals surface area contributed by atoms with Gasteiger partial charge in [0.05, 0.1) is 20.1 Å². The van der Waals surface area contributed by atoms with Crippen LogP contribution in [0.2, 0.25) is 0 Å². The summed E-state index contributed by atoms with van der Waals surface area (Å²) in [4.78, 5) is 22.0. The molecule has 0 radical (unpaired) electrons. The van der Waals surface area contributed by atoms with Gasteiger partial charge in [-0.3, -0.25) is 0 Å². The van der Waals surface area contributed by atoms with Crippen molar-refractivity contribution in [2.75, 3.05) is 26.7 Å². The highest BCUT2D eigenvalue weighted by molar-refractivity contribution is 5.96. The quantitative estimate of drug-likeness (QED) is 0.446. The molecule has 1 unspecified atom stereocenters. The molecule has 3 aromatic rings. The van der Waals surface area contributed by atoms with Crippen molar-refractivity contribution in [1.82, 2.24) is 9.97 Å². The lowest BCUT2D eigenvalue weighted by atomic mass is 9.91. The summed E-state index contributed by atoms with van der Waals surface area (Å²) in [6, 6.07) is 17.1. The van der Waals surface area contributed by atoms with Crippen molar-refractivity contribution in [3.8, 4) is 11.1 Å². The first kappa shape index (κ1) is 21.7. The lowest BCUT2D eigenvalue weighted by Crippen LogP contribution is -2.51. The summed E-state index contributed by atoms with van der Waals surface area (Å²) < 4.78 is 6.72. The summed E-state index contributed by atoms with van der Waals surface area (Å²) in [5, 5.41) is 11.6. The third-order valence-corrected chi connectivity index (χ3v) is 7.40. The predicted octanol–water partition coefficient (Wildman–Crippen LogP) is 3.48. The highest BCUT2D eigenvalue weighted by Gasteiger charge is 2.50. The maximum Gasteiger partial charge on any atom is 0.347 e. The number of rotatable bonds is 7. The van der Waals surface area contributed by atoms with Gasteiger partial charge in [-0.25, -0.2) is 14.8 Å². The zero-order valence-electron chi connectivity index (χ0n) is 19.0. The average molecular weight is 445 g/mol. The molecule has 2 aliphatic rings. The molecule has 0 spiro atoms. The van der Waals surface area contributed by atoms with Gasteiger partial charge in [0.25, 0.3) is 0 Å². The maximum atomic E-state index is 13.4. The summed E-state index contributed by atoms with van der Waals surface area (Å²) in [6.07, 6.45) is 7.50. The standard InChI is InChI=1S/C27H30N3O3/c1-30(18-7-14-25-28-15-8-16-29-25)17-6-9-20(30)19-33-26(31)27(32)23-12-4-2-10-21(23)22-11-3-5-13-24(22)27/h2-5,8,10-13,15-16,20,32H,6-7,9,14,17-19H2,1H3/q+1/t20?,30-/m1/s1. The third kappa shape index (κ3) is 3.83. The maximum absolute atomic E-state index is 13.4. The third-order valence-electron chi connectivity index (χ3n) is 7.40. The fraction of sp³-hybridized carbons (Fsp3) is 0.370. The van der Waals surface area contributed by atoms with E-state index in [9.17, 15) is 9.90 Å². The monoisotopic (exact) mass is 444 g/mol. The number of aryl methyl sites for hydroxylation is 1. The molecule has 6 nitrogen and oxygen atoms in total.